The van der Waals surface area contributed by atoms with Crippen molar-refractivity contribution in [2.75, 3.05) is 26.0 Å². The number of H-pyrrole nitrogens is 1. The molecule has 6 nitrogen and oxygen atoms in total. The van der Waals surface area contributed by atoms with Gasteiger partial charge in [0, 0.05) is 26.2 Å². The van der Waals surface area contributed by atoms with E-state index in [1.54, 1.807) is 7.11 Å². The number of methoxy groups -OCH3 is 1. The molecule has 1 saturated heterocycles. The van der Waals surface area contributed by atoms with Crippen molar-refractivity contribution in [2.45, 2.75) is 44.1 Å². The van der Waals surface area contributed by atoms with E-state index in [2.05, 4.69) is 47.0 Å². The predicted octanol–water partition coefficient (Wildman–Crippen LogP) is 2.19. The number of carbonyl (C=O) groups excluding carboxylic acids is 1. The molecular formula is C18H26N4O2S. The van der Waals surface area contributed by atoms with Gasteiger partial charge in [-0.1, -0.05) is 17.8 Å². The molecule has 1 aromatic carbocycles. The zero-order valence-electron chi connectivity index (χ0n) is 15.2. The molecule has 25 heavy (non-hydrogen) atoms. The second kappa shape index (κ2) is 7.76. The third-order valence-electron chi connectivity index (χ3n) is 4.63. The number of ether oxygens (including phenoxy) is 1. The summed E-state index contributed by atoms with van der Waals surface area (Å²) in [7, 11) is 1.71. The van der Waals surface area contributed by atoms with Crippen molar-refractivity contribution >= 4 is 28.7 Å². The Labute approximate surface area is 152 Å². The molecule has 2 aromatic rings. The van der Waals surface area contributed by atoms with Crippen LogP contribution >= 0.6 is 11.8 Å². The van der Waals surface area contributed by atoms with E-state index in [0.717, 1.165) is 29.3 Å². The predicted molar refractivity (Wildman–Crippen MR) is 101 cm³/mol. The highest BCUT2D eigenvalue weighted by Gasteiger charge is 2.34. The van der Waals surface area contributed by atoms with Gasteiger partial charge in [-0.3, -0.25) is 9.69 Å². The minimum Gasteiger partial charge on any atom is -0.378 e. The summed E-state index contributed by atoms with van der Waals surface area (Å²) in [5.41, 5.74) is 3.12. The molecule has 0 saturated carbocycles. The molecule has 0 radical (unpaired) electrons. The first kappa shape index (κ1) is 18.2. The van der Waals surface area contributed by atoms with Crippen molar-refractivity contribution in [3.05, 3.63) is 23.8 Å². The van der Waals surface area contributed by atoms with E-state index in [-0.39, 0.29) is 18.1 Å². The first-order chi connectivity index (χ1) is 12.0. The van der Waals surface area contributed by atoms with Gasteiger partial charge in [0.05, 0.1) is 28.9 Å². The third kappa shape index (κ3) is 4.34. The topological polar surface area (TPSA) is 70.2 Å². The number of thioether (sulfide) groups is 1. The molecule has 1 fully saturated rings. The van der Waals surface area contributed by atoms with Crippen LogP contribution in [0.4, 0.5) is 0 Å². The summed E-state index contributed by atoms with van der Waals surface area (Å²) in [5, 5.41) is 3.88. The van der Waals surface area contributed by atoms with Crippen LogP contribution in [0.2, 0.25) is 0 Å². The van der Waals surface area contributed by atoms with Crippen LogP contribution in [0.25, 0.3) is 11.0 Å². The van der Waals surface area contributed by atoms with E-state index in [1.165, 1.54) is 17.3 Å². The zero-order chi connectivity index (χ0) is 18.0. The Kier molecular flexibility index (Phi) is 5.66. The molecule has 1 amide bonds. The number of fused-ring (bicyclic) bond motifs is 1. The number of nitrogens with zero attached hydrogens (tertiary/aromatic N) is 2. The number of nitrogens with one attached hydrogen (secondary N) is 2. The molecule has 0 bridgehead atoms. The van der Waals surface area contributed by atoms with E-state index in [0.29, 0.717) is 11.8 Å². The van der Waals surface area contributed by atoms with Gasteiger partial charge in [0.2, 0.25) is 5.91 Å². The van der Waals surface area contributed by atoms with Crippen LogP contribution in [0.15, 0.2) is 23.4 Å². The molecular weight excluding hydrogens is 336 g/mol. The Hall–Kier alpha value is -1.57. The molecule has 0 spiro atoms. The largest absolute Gasteiger partial charge is 0.378 e. The highest BCUT2D eigenvalue weighted by atomic mass is 32.2. The van der Waals surface area contributed by atoms with Crippen LogP contribution in [0.3, 0.4) is 0 Å². The summed E-state index contributed by atoms with van der Waals surface area (Å²) in [6.07, 6.45) is 0.0468. The van der Waals surface area contributed by atoms with Crippen molar-refractivity contribution in [2.24, 2.45) is 0 Å². The number of carbonyl (C=O) groups is 1. The summed E-state index contributed by atoms with van der Waals surface area (Å²) in [5.74, 6) is 0.354. The average molecular weight is 362 g/mol. The second-order valence-corrected chi connectivity index (χ2v) is 7.81. The van der Waals surface area contributed by atoms with Crippen LogP contribution < -0.4 is 5.32 Å². The van der Waals surface area contributed by atoms with Gasteiger partial charge in [0.15, 0.2) is 5.16 Å². The maximum atomic E-state index is 12.3. The van der Waals surface area contributed by atoms with Gasteiger partial charge in [-0.2, -0.15) is 0 Å². The number of aryl methyl sites for hydroxylation is 1. The van der Waals surface area contributed by atoms with Gasteiger partial charge in [-0.25, -0.2) is 4.98 Å². The second-order valence-electron chi connectivity index (χ2n) is 6.85. The lowest BCUT2D eigenvalue weighted by molar-refractivity contribution is -0.119. The maximum absolute atomic E-state index is 12.3. The number of amides is 1. The first-order valence-corrected chi connectivity index (χ1v) is 9.60. The van der Waals surface area contributed by atoms with Crippen molar-refractivity contribution in [3.8, 4) is 0 Å². The number of likely N-dealkylation sites (tertiary alicyclic amines) is 1. The highest BCUT2D eigenvalue weighted by molar-refractivity contribution is 7.99. The van der Waals surface area contributed by atoms with Crippen LogP contribution in [-0.2, 0) is 9.53 Å². The van der Waals surface area contributed by atoms with E-state index in [9.17, 15) is 4.79 Å². The van der Waals surface area contributed by atoms with E-state index in [4.69, 9.17) is 4.74 Å². The van der Waals surface area contributed by atoms with Crippen LogP contribution in [0, 0.1) is 6.92 Å². The maximum Gasteiger partial charge on any atom is 0.230 e. The zero-order valence-corrected chi connectivity index (χ0v) is 16.0. The van der Waals surface area contributed by atoms with E-state index in [1.807, 2.05) is 12.1 Å². The summed E-state index contributed by atoms with van der Waals surface area (Å²) in [4.78, 5) is 22.4. The third-order valence-corrected chi connectivity index (χ3v) is 5.50. The van der Waals surface area contributed by atoms with Gasteiger partial charge in [-0.05, 0) is 38.5 Å². The Balaban J connectivity index is 1.55. The molecule has 1 aliphatic heterocycles. The fourth-order valence-electron chi connectivity index (χ4n) is 3.15. The number of rotatable bonds is 6. The Morgan fingerprint density at radius 1 is 1.48 bits per heavy atom. The molecule has 1 aliphatic rings. The molecule has 7 heteroatoms. The van der Waals surface area contributed by atoms with Gasteiger partial charge in [0.1, 0.15) is 0 Å². The van der Waals surface area contributed by atoms with Gasteiger partial charge >= 0.3 is 0 Å². The number of hydrogen-bond acceptors (Lipinski definition) is 5. The molecule has 2 N–H and O–H groups in total. The summed E-state index contributed by atoms with van der Waals surface area (Å²) < 4.78 is 5.54. The van der Waals surface area contributed by atoms with Crippen LogP contribution in [0.1, 0.15) is 19.4 Å². The summed E-state index contributed by atoms with van der Waals surface area (Å²) in [6, 6.07) is 6.59. The van der Waals surface area contributed by atoms with Crippen molar-refractivity contribution in [1.82, 2.24) is 20.2 Å². The van der Waals surface area contributed by atoms with Crippen molar-refractivity contribution in [3.63, 3.8) is 0 Å². The number of aromatic nitrogens is 2. The summed E-state index contributed by atoms with van der Waals surface area (Å²) >= 11 is 1.43. The number of aromatic amines is 1. The minimum absolute atomic E-state index is 0.0132. The molecule has 3 rings (SSSR count). The van der Waals surface area contributed by atoms with Gasteiger partial charge in [0.25, 0.3) is 0 Å². The standard InChI is InChI=1S/C18H26N4O2S/c1-11(2)22-8-15(16(9-22)24-4)19-17(23)10-25-18-20-13-6-5-12(3)7-14(13)21-18/h5-7,11,15-16H,8-10H2,1-4H3,(H,19,23)(H,20,21)/t15-,16-/m0/s1. The Bertz CT molecular complexity index is 746. The lowest BCUT2D eigenvalue weighted by Gasteiger charge is -2.19. The average Bonchev–Trinajstić information content (AvgIpc) is 3.16. The Morgan fingerprint density at radius 3 is 3.00 bits per heavy atom. The lowest BCUT2D eigenvalue weighted by atomic mass is 10.2. The molecule has 1 aromatic heterocycles. The fraction of sp³-hybridized carbons (Fsp3) is 0.556. The van der Waals surface area contributed by atoms with Crippen LogP contribution in [-0.4, -0.2) is 64.9 Å². The minimum atomic E-state index is 0.0132. The van der Waals surface area contributed by atoms with Crippen molar-refractivity contribution in [1.29, 1.82) is 0 Å². The first-order valence-electron chi connectivity index (χ1n) is 8.61. The number of imidazole rings is 1. The van der Waals surface area contributed by atoms with Gasteiger partial charge < -0.3 is 15.0 Å². The highest BCUT2D eigenvalue weighted by Crippen LogP contribution is 2.21. The van der Waals surface area contributed by atoms with E-state index < -0.39 is 0 Å². The molecule has 0 unspecified atom stereocenters. The normalized spacial score (nSPS) is 21.3. The van der Waals surface area contributed by atoms with Crippen molar-refractivity contribution < 1.29 is 9.53 Å². The molecule has 136 valence electrons. The van der Waals surface area contributed by atoms with Crippen LogP contribution in [0.5, 0.6) is 0 Å². The number of benzene rings is 1. The number of hydrogen-bond donors (Lipinski definition) is 2. The van der Waals surface area contributed by atoms with E-state index >= 15 is 0 Å². The quantitative estimate of drug-likeness (QED) is 0.771. The fourth-order valence-corrected chi connectivity index (χ4v) is 3.85. The lowest BCUT2D eigenvalue weighted by Crippen LogP contribution is -2.44. The molecule has 2 atom stereocenters. The summed E-state index contributed by atoms with van der Waals surface area (Å²) in [6.45, 7) is 8.06. The Morgan fingerprint density at radius 2 is 2.28 bits per heavy atom. The monoisotopic (exact) mass is 362 g/mol. The molecule has 2 heterocycles. The smallest absolute Gasteiger partial charge is 0.230 e. The SMILES string of the molecule is CO[C@H]1CN(C(C)C)C[C@@H]1NC(=O)CSc1nc2ccc(C)cc2[nH]1. The van der Waals surface area contributed by atoms with Gasteiger partial charge in [-0.15, -0.1) is 0 Å². The molecule has 0 aliphatic carbocycles.